The van der Waals surface area contributed by atoms with E-state index in [1.54, 1.807) is 31.2 Å². The second-order valence-corrected chi connectivity index (χ2v) is 11.1. The number of halogens is 1. The van der Waals surface area contributed by atoms with E-state index >= 15 is 0 Å². The van der Waals surface area contributed by atoms with Gasteiger partial charge in [0, 0.05) is 25.7 Å². The number of rotatable bonds is 8. The number of aromatic carboxylic acids is 1. The first-order valence-corrected chi connectivity index (χ1v) is 14.8. The number of anilines is 2. The molecule has 18 heteroatoms. The number of carboxylic acid groups (broad SMARTS) is 1. The Kier molecular flexibility index (Phi) is 10.9. The van der Waals surface area contributed by atoms with Gasteiger partial charge in [-0.3, -0.25) is 19.2 Å². The lowest BCUT2D eigenvalue weighted by molar-refractivity contribution is 0.0599. The van der Waals surface area contributed by atoms with Crippen molar-refractivity contribution in [2.75, 3.05) is 24.3 Å². The number of primary amides is 1. The van der Waals surface area contributed by atoms with Gasteiger partial charge in [-0.15, -0.1) is 17.5 Å². The number of benzene rings is 2. The molecule has 0 unspecified atom stereocenters. The van der Waals surface area contributed by atoms with E-state index in [0.717, 1.165) is 28.1 Å². The Morgan fingerprint density at radius 2 is 1.74 bits per heavy atom. The van der Waals surface area contributed by atoms with Crippen molar-refractivity contribution < 1.29 is 29.0 Å². The molecule has 1 aliphatic rings. The second-order valence-electron chi connectivity index (χ2n) is 11.1. The number of aromatic nitrogens is 4. The van der Waals surface area contributed by atoms with Gasteiger partial charge >= 0.3 is 11.9 Å². The molecule has 50 heavy (non-hydrogen) atoms. The van der Waals surface area contributed by atoms with Gasteiger partial charge in [0.05, 0.1) is 18.7 Å². The van der Waals surface area contributed by atoms with Gasteiger partial charge in [0.2, 0.25) is 0 Å². The number of ether oxygens (including phenoxy) is 1. The molecule has 2 aromatic heterocycles. The number of nitrogens with two attached hydrogens (primary N) is 3. The van der Waals surface area contributed by atoms with Gasteiger partial charge in [-0.05, 0) is 47.7 Å². The molecule has 5 aromatic rings. The van der Waals surface area contributed by atoms with Crippen molar-refractivity contribution in [3.05, 3.63) is 114 Å². The zero-order valence-corrected chi connectivity index (χ0v) is 27.5. The van der Waals surface area contributed by atoms with Gasteiger partial charge < -0.3 is 37.3 Å². The summed E-state index contributed by atoms with van der Waals surface area (Å²) in [4.78, 5) is 75.8. The Balaban J connectivity index is 0.000000241. The summed E-state index contributed by atoms with van der Waals surface area (Å²) in [5, 5.41) is 19.1. The van der Waals surface area contributed by atoms with E-state index in [-0.39, 0.29) is 35.1 Å². The van der Waals surface area contributed by atoms with Crippen LogP contribution in [0.25, 0.3) is 5.65 Å². The minimum atomic E-state index is -1.40. The normalized spacial score (nSPS) is 12.6. The topological polar surface area (TPSA) is 268 Å². The van der Waals surface area contributed by atoms with Crippen LogP contribution < -0.4 is 38.3 Å². The largest absolute Gasteiger partial charge is 0.477 e. The summed E-state index contributed by atoms with van der Waals surface area (Å²) in [6, 6.07) is 13.1. The first-order valence-electron chi connectivity index (χ1n) is 14.8. The standard InChI is InChI=1S/C18H16N6O6.C14H15N3O2.ClH/c1-8(9-3-5-10(6-4-9)18(29)30-2)20-16(26)11-7-12(17(27)28)24-15(21-11)13(14(19)25)22-23-24;15-6-8-1-2-9-3-4-17(7-10(9)5-8)12-11(16)13(18)14(12)19;/h3-8H,1-2H3,(H2,19,25)(H,20,26)(H,27,28);1-2,5H,3-4,6-7,15-16H2;1H/t8-;;/m0../s1. The summed E-state index contributed by atoms with van der Waals surface area (Å²) in [7, 11) is 1.27. The fourth-order valence-corrected chi connectivity index (χ4v) is 5.32. The van der Waals surface area contributed by atoms with Gasteiger partial charge in [0.25, 0.3) is 22.7 Å². The lowest BCUT2D eigenvalue weighted by Crippen LogP contribution is -2.44. The molecular weight excluding hydrogens is 674 g/mol. The molecule has 2 amide bonds. The molecule has 1 atom stereocenters. The Hall–Kier alpha value is -6.20. The van der Waals surface area contributed by atoms with Crippen LogP contribution in [0, 0.1) is 0 Å². The van der Waals surface area contributed by atoms with Crippen LogP contribution in [0.3, 0.4) is 0 Å². The highest BCUT2D eigenvalue weighted by atomic mass is 35.5. The third kappa shape index (κ3) is 7.13. The van der Waals surface area contributed by atoms with Crippen LogP contribution in [0.1, 0.15) is 77.0 Å². The fourth-order valence-electron chi connectivity index (χ4n) is 5.32. The van der Waals surface area contributed by atoms with Crippen LogP contribution in [0.15, 0.2) is 58.1 Å². The summed E-state index contributed by atoms with van der Waals surface area (Å²) in [5.74, 6) is -3.55. The van der Waals surface area contributed by atoms with E-state index in [1.165, 1.54) is 12.7 Å². The Bertz CT molecular complexity index is 2190. The molecular formula is C32H32ClN9O8. The minimum Gasteiger partial charge on any atom is -0.477 e. The molecule has 0 bridgehead atoms. The molecule has 0 saturated heterocycles. The number of hydrogen-bond acceptors (Lipinski definition) is 13. The lowest BCUT2D eigenvalue weighted by atomic mass is 9.96. The summed E-state index contributed by atoms with van der Waals surface area (Å²) in [6.07, 6.45) is 0.846. The smallest absolute Gasteiger partial charge is 0.354 e. The maximum Gasteiger partial charge on any atom is 0.354 e. The number of carboxylic acids is 1. The van der Waals surface area contributed by atoms with Gasteiger partial charge in [-0.2, -0.15) is 4.52 Å². The van der Waals surface area contributed by atoms with E-state index in [0.29, 0.717) is 36.4 Å². The van der Waals surface area contributed by atoms with Crippen molar-refractivity contribution >= 4 is 53.2 Å². The van der Waals surface area contributed by atoms with Gasteiger partial charge in [0.15, 0.2) is 17.0 Å². The number of carbonyl (C=O) groups excluding carboxylic acids is 3. The highest BCUT2D eigenvalue weighted by Crippen LogP contribution is 2.26. The predicted octanol–water partition coefficient (Wildman–Crippen LogP) is 0.507. The molecule has 3 aromatic carbocycles. The number of nitrogens with zero attached hydrogens (tertiary/aromatic N) is 5. The van der Waals surface area contributed by atoms with Crippen molar-refractivity contribution in [3.8, 4) is 0 Å². The Morgan fingerprint density at radius 3 is 2.34 bits per heavy atom. The average molecular weight is 706 g/mol. The van der Waals surface area contributed by atoms with E-state index in [4.69, 9.17) is 17.2 Å². The molecule has 0 saturated carbocycles. The van der Waals surface area contributed by atoms with Gasteiger partial charge in [0.1, 0.15) is 17.1 Å². The maximum absolute atomic E-state index is 12.7. The minimum absolute atomic E-state index is 0. The molecule has 8 N–H and O–H groups in total. The van der Waals surface area contributed by atoms with Crippen LogP contribution in [-0.2, 0) is 24.2 Å². The molecule has 0 spiro atoms. The number of esters is 1. The zero-order valence-electron chi connectivity index (χ0n) is 26.7. The number of carbonyl (C=O) groups is 4. The van der Waals surface area contributed by atoms with E-state index < -0.39 is 46.3 Å². The van der Waals surface area contributed by atoms with Crippen LogP contribution >= 0.6 is 12.4 Å². The number of nitrogens with one attached hydrogen (secondary N) is 1. The van der Waals surface area contributed by atoms with E-state index in [1.807, 2.05) is 11.0 Å². The number of methoxy groups -OCH3 is 1. The monoisotopic (exact) mass is 705 g/mol. The van der Waals surface area contributed by atoms with Crippen LogP contribution in [-0.4, -0.2) is 62.3 Å². The predicted molar refractivity (Wildman–Crippen MR) is 182 cm³/mol. The van der Waals surface area contributed by atoms with Crippen LogP contribution in [0.2, 0.25) is 0 Å². The molecule has 6 rings (SSSR count). The quantitative estimate of drug-likeness (QED) is 0.109. The zero-order chi connectivity index (χ0) is 35.6. The van der Waals surface area contributed by atoms with Crippen molar-refractivity contribution in [1.29, 1.82) is 0 Å². The first kappa shape index (κ1) is 36.6. The van der Waals surface area contributed by atoms with Crippen LogP contribution in [0.5, 0.6) is 0 Å². The van der Waals surface area contributed by atoms with Crippen molar-refractivity contribution in [3.63, 3.8) is 0 Å². The maximum atomic E-state index is 12.7. The lowest BCUT2D eigenvalue weighted by Gasteiger charge is -2.31. The van der Waals surface area contributed by atoms with Crippen molar-refractivity contribution in [2.24, 2.45) is 11.5 Å². The molecule has 0 aliphatic carbocycles. The highest BCUT2D eigenvalue weighted by molar-refractivity contribution is 6.00. The summed E-state index contributed by atoms with van der Waals surface area (Å²) in [6.45, 7) is 3.51. The fraction of sp³-hybridized carbons (Fsp3) is 0.219. The van der Waals surface area contributed by atoms with Gasteiger partial charge in [-0.25, -0.2) is 14.6 Å². The third-order valence-electron chi connectivity index (χ3n) is 8.00. The number of fused-ring (bicyclic) bond motifs is 2. The SMILES string of the molecule is COC(=O)c1ccc([C@H](C)NC(=O)c2cc(C(=O)O)n3nnc(C(N)=O)c3n2)cc1.Cl.NCc1ccc2c(c1)CN(c1c(N)c(=O)c1=O)CC2. The van der Waals surface area contributed by atoms with Crippen LogP contribution in [0.4, 0.5) is 11.4 Å². The molecule has 0 fully saturated rings. The third-order valence-corrected chi connectivity index (χ3v) is 8.00. The summed E-state index contributed by atoms with van der Waals surface area (Å²) >= 11 is 0. The first-order chi connectivity index (χ1) is 23.3. The van der Waals surface area contributed by atoms with E-state index in [9.17, 15) is 33.9 Å². The Labute approximate surface area is 289 Å². The summed E-state index contributed by atoms with van der Waals surface area (Å²) in [5.41, 5.74) is 19.1. The molecule has 17 nitrogen and oxygen atoms in total. The Morgan fingerprint density at radius 1 is 1.04 bits per heavy atom. The van der Waals surface area contributed by atoms with Gasteiger partial charge in [-0.1, -0.05) is 35.5 Å². The molecule has 0 radical (unpaired) electrons. The van der Waals surface area contributed by atoms with Crippen molar-refractivity contribution in [2.45, 2.75) is 32.5 Å². The second kappa shape index (κ2) is 14.9. The highest BCUT2D eigenvalue weighted by Gasteiger charge is 2.27. The number of nitrogen functional groups attached to an aromatic ring is 1. The van der Waals surface area contributed by atoms with Crippen molar-refractivity contribution in [1.82, 2.24) is 25.1 Å². The van der Waals surface area contributed by atoms with E-state index in [2.05, 4.69) is 37.5 Å². The average Bonchev–Trinajstić information content (AvgIpc) is 3.55. The molecule has 3 heterocycles. The number of hydrogen-bond donors (Lipinski definition) is 5. The summed E-state index contributed by atoms with van der Waals surface area (Å²) < 4.78 is 5.45. The molecule has 260 valence electrons. The number of amides is 2. The molecule has 1 aliphatic heterocycles.